The van der Waals surface area contributed by atoms with E-state index in [1.165, 1.54) is 18.4 Å². The normalized spacial score (nSPS) is 30.7. The van der Waals surface area contributed by atoms with Crippen molar-refractivity contribution >= 4 is 11.6 Å². The van der Waals surface area contributed by atoms with Crippen LogP contribution in [-0.4, -0.2) is 6.04 Å². The molecule has 0 saturated heterocycles. The zero-order valence-electron chi connectivity index (χ0n) is 8.22. The third-order valence-corrected chi connectivity index (χ3v) is 3.40. The minimum atomic E-state index is 0.466. The molecule has 0 bridgehead atoms. The van der Waals surface area contributed by atoms with Gasteiger partial charge in [0.05, 0.1) is 0 Å². The highest BCUT2D eigenvalue weighted by Gasteiger charge is 2.36. The molecule has 2 unspecified atom stereocenters. The minimum Gasteiger partial charge on any atom is -0.449 e. The Morgan fingerprint density at radius 1 is 1.50 bits per heavy atom. The fourth-order valence-electron chi connectivity index (χ4n) is 2.31. The lowest BCUT2D eigenvalue weighted by Gasteiger charge is -2.17. The predicted octanol–water partition coefficient (Wildman–Crippen LogP) is 2.92. The van der Waals surface area contributed by atoms with Crippen molar-refractivity contribution in [2.75, 3.05) is 0 Å². The summed E-state index contributed by atoms with van der Waals surface area (Å²) in [6, 6.07) is 3.18. The highest BCUT2D eigenvalue weighted by Crippen LogP contribution is 2.40. The number of fused-ring (bicyclic) bond motifs is 1. The van der Waals surface area contributed by atoms with Crippen LogP contribution in [0.5, 0.6) is 0 Å². The number of hydrogen-bond donors (Lipinski definition) is 1. The van der Waals surface area contributed by atoms with E-state index in [9.17, 15) is 0 Å². The van der Waals surface area contributed by atoms with E-state index in [2.05, 4.69) is 12.2 Å². The van der Waals surface area contributed by atoms with Gasteiger partial charge in [-0.25, -0.2) is 0 Å². The van der Waals surface area contributed by atoms with E-state index < -0.39 is 0 Å². The van der Waals surface area contributed by atoms with Crippen molar-refractivity contribution in [3.63, 3.8) is 0 Å². The molecule has 0 radical (unpaired) electrons. The van der Waals surface area contributed by atoms with Crippen LogP contribution in [0.1, 0.15) is 37.1 Å². The van der Waals surface area contributed by atoms with Gasteiger partial charge in [-0.15, -0.1) is 0 Å². The molecule has 1 aromatic heterocycles. The van der Waals surface area contributed by atoms with Gasteiger partial charge < -0.3 is 9.73 Å². The molecule has 2 aliphatic carbocycles. The van der Waals surface area contributed by atoms with Crippen LogP contribution in [0.4, 0.5) is 0 Å². The summed E-state index contributed by atoms with van der Waals surface area (Å²) in [6.07, 6.45) is 3.67. The van der Waals surface area contributed by atoms with Gasteiger partial charge in [0, 0.05) is 30.1 Å². The minimum absolute atomic E-state index is 0.466. The number of furan rings is 1. The molecule has 0 aromatic carbocycles. The van der Waals surface area contributed by atoms with Crippen molar-refractivity contribution < 1.29 is 4.42 Å². The second kappa shape index (κ2) is 3.01. The molecule has 0 spiro atoms. The van der Waals surface area contributed by atoms with Crippen LogP contribution in [0.15, 0.2) is 10.5 Å². The molecule has 3 heteroatoms. The van der Waals surface area contributed by atoms with Crippen LogP contribution in [-0.2, 0) is 6.42 Å². The molecule has 1 N–H and O–H groups in total. The fraction of sp³-hybridized carbons (Fsp3) is 0.636. The van der Waals surface area contributed by atoms with E-state index in [-0.39, 0.29) is 0 Å². The van der Waals surface area contributed by atoms with E-state index in [0.29, 0.717) is 17.2 Å². The predicted molar refractivity (Wildman–Crippen MR) is 55.5 cm³/mol. The molecular formula is C11H14ClNO. The number of halogens is 1. The van der Waals surface area contributed by atoms with Crippen LogP contribution in [0.3, 0.4) is 0 Å². The molecule has 1 heterocycles. The maximum atomic E-state index is 5.85. The summed E-state index contributed by atoms with van der Waals surface area (Å²) in [4.78, 5) is 0. The zero-order chi connectivity index (χ0) is 9.71. The monoisotopic (exact) mass is 211 g/mol. The maximum Gasteiger partial charge on any atom is 0.193 e. The van der Waals surface area contributed by atoms with Gasteiger partial charge in [0.1, 0.15) is 5.76 Å². The third-order valence-electron chi connectivity index (χ3n) is 3.22. The topological polar surface area (TPSA) is 25.2 Å². The third kappa shape index (κ3) is 1.37. The molecule has 1 fully saturated rings. The molecule has 1 aromatic rings. The van der Waals surface area contributed by atoms with Crippen LogP contribution < -0.4 is 5.32 Å². The first-order valence-corrected chi connectivity index (χ1v) is 5.66. The Balaban J connectivity index is 1.87. The summed E-state index contributed by atoms with van der Waals surface area (Å²) in [5.41, 5.74) is 1.29. The average molecular weight is 212 g/mol. The van der Waals surface area contributed by atoms with E-state index >= 15 is 0 Å². The van der Waals surface area contributed by atoms with Crippen LogP contribution in [0.25, 0.3) is 0 Å². The average Bonchev–Trinajstić information content (AvgIpc) is 2.81. The Morgan fingerprint density at radius 3 is 3.00 bits per heavy atom. The van der Waals surface area contributed by atoms with E-state index in [0.717, 1.165) is 18.2 Å². The lowest BCUT2D eigenvalue weighted by atomic mass is 10.0. The Hall–Kier alpha value is -0.470. The van der Waals surface area contributed by atoms with Crippen molar-refractivity contribution in [2.24, 2.45) is 5.92 Å². The Kier molecular flexibility index (Phi) is 1.89. The summed E-state index contributed by atoms with van der Waals surface area (Å²) >= 11 is 5.85. The highest BCUT2D eigenvalue weighted by atomic mass is 35.5. The van der Waals surface area contributed by atoms with Crippen molar-refractivity contribution in [1.82, 2.24) is 5.32 Å². The van der Waals surface area contributed by atoms with Crippen LogP contribution in [0, 0.1) is 5.92 Å². The summed E-state index contributed by atoms with van der Waals surface area (Å²) in [6.45, 7) is 2.27. The maximum absolute atomic E-state index is 5.85. The van der Waals surface area contributed by atoms with E-state index in [1.54, 1.807) is 0 Å². The van der Waals surface area contributed by atoms with Crippen molar-refractivity contribution in [3.8, 4) is 0 Å². The molecule has 2 atom stereocenters. The van der Waals surface area contributed by atoms with Crippen molar-refractivity contribution in [2.45, 2.75) is 38.3 Å². The molecule has 0 amide bonds. The van der Waals surface area contributed by atoms with Crippen LogP contribution in [0.2, 0.25) is 5.22 Å². The molecular weight excluding hydrogens is 198 g/mol. The first kappa shape index (κ1) is 8.81. The van der Waals surface area contributed by atoms with Crippen molar-refractivity contribution in [1.29, 1.82) is 0 Å². The second-order valence-electron chi connectivity index (χ2n) is 4.53. The quantitative estimate of drug-likeness (QED) is 0.814. The number of hydrogen-bond acceptors (Lipinski definition) is 2. The smallest absolute Gasteiger partial charge is 0.193 e. The van der Waals surface area contributed by atoms with Gasteiger partial charge in [0.25, 0.3) is 0 Å². The summed E-state index contributed by atoms with van der Waals surface area (Å²) < 4.78 is 5.45. The highest BCUT2D eigenvalue weighted by molar-refractivity contribution is 6.28. The van der Waals surface area contributed by atoms with E-state index in [1.807, 2.05) is 6.07 Å². The Morgan fingerprint density at radius 2 is 2.29 bits per heavy atom. The number of rotatable bonds is 2. The van der Waals surface area contributed by atoms with Gasteiger partial charge in [-0.2, -0.15) is 0 Å². The van der Waals surface area contributed by atoms with Gasteiger partial charge in [0.15, 0.2) is 5.22 Å². The molecule has 0 aliphatic heterocycles. The zero-order valence-corrected chi connectivity index (χ0v) is 8.97. The SMILES string of the molecule is CC1Cc2oc(Cl)cc2C1NC1CC1. The second-order valence-corrected chi connectivity index (χ2v) is 4.90. The van der Waals surface area contributed by atoms with Gasteiger partial charge in [-0.1, -0.05) is 6.92 Å². The molecule has 1 saturated carbocycles. The van der Waals surface area contributed by atoms with Crippen LogP contribution >= 0.6 is 11.6 Å². The lowest BCUT2D eigenvalue weighted by molar-refractivity contribution is 0.401. The van der Waals surface area contributed by atoms with Crippen molar-refractivity contribution in [3.05, 3.63) is 22.6 Å². The number of nitrogens with one attached hydrogen (secondary N) is 1. The fourth-order valence-corrected chi connectivity index (χ4v) is 2.52. The molecule has 2 aliphatic rings. The molecule has 14 heavy (non-hydrogen) atoms. The van der Waals surface area contributed by atoms with Gasteiger partial charge in [-0.3, -0.25) is 0 Å². The Bertz CT molecular complexity index is 356. The van der Waals surface area contributed by atoms with Gasteiger partial charge in [-0.05, 0) is 30.4 Å². The van der Waals surface area contributed by atoms with Gasteiger partial charge in [0.2, 0.25) is 0 Å². The molecule has 76 valence electrons. The Labute approximate surface area is 88.6 Å². The standard InChI is InChI=1S/C11H14ClNO/c1-6-4-9-8(5-10(12)14-9)11(6)13-7-2-3-7/h5-7,11,13H,2-4H2,1H3. The first-order chi connectivity index (χ1) is 6.74. The molecule has 3 rings (SSSR count). The van der Waals surface area contributed by atoms with Gasteiger partial charge >= 0.3 is 0 Å². The summed E-state index contributed by atoms with van der Waals surface area (Å²) in [5, 5.41) is 4.19. The summed E-state index contributed by atoms with van der Waals surface area (Å²) in [7, 11) is 0. The summed E-state index contributed by atoms with van der Waals surface area (Å²) in [5.74, 6) is 1.72. The molecule has 2 nitrogen and oxygen atoms in total. The first-order valence-electron chi connectivity index (χ1n) is 5.28. The largest absolute Gasteiger partial charge is 0.449 e. The van der Waals surface area contributed by atoms with E-state index in [4.69, 9.17) is 16.0 Å². The lowest BCUT2D eigenvalue weighted by Crippen LogP contribution is -2.25.